The van der Waals surface area contributed by atoms with Crippen LogP contribution in [-0.2, 0) is 11.2 Å². The van der Waals surface area contributed by atoms with Crippen molar-refractivity contribution in [2.45, 2.75) is 32.1 Å². The van der Waals surface area contributed by atoms with Gasteiger partial charge in [-0.05, 0) is 25.0 Å². The highest BCUT2D eigenvalue weighted by Crippen LogP contribution is 2.36. The summed E-state index contributed by atoms with van der Waals surface area (Å²) in [5, 5.41) is 12.5. The van der Waals surface area contributed by atoms with Gasteiger partial charge < -0.3 is 14.8 Å². The molecule has 1 amide bonds. The smallest absolute Gasteiger partial charge is 0.226 e. The fraction of sp³-hybridized carbons (Fsp3) is 0.500. The Morgan fingerprint density at radius 3 is 2.90 bits per heavy atom. The average Bonchev–Trinajstić information content (AvgIpc) is 3.12. The molecule has 0 atom stereocenters. The molecule has 1 aliphatic carbocycles. The summed E-state index contributed by atoms with van der Waals surface area (Å²) in [6.07, 6.45) is 8.36. The first-order valence-corrected chi connectivity index (χ1v) is 7.51. The second-order valence-electron chi connectivity index (χ2n) is 6.02. The van der Waals surface area contributed by atoms with Crippen molar-refractivity contribution in [1.29, 1.82) is 0 Å². The lowest BCUT2D eigenvalue weighted by molar-refractivity contribution is -0.121. The van der Waals surface area contributed by atoms with Gasteiger partial charge in [0.25, 0.3) is 0 Å². The number of aliphatic hydroxyl groups excluding tert-OH is 1. The van der Waals surface area contributed by atoms with E-state index in [4.69, 9.17) is 0 Å². The molecule has 2 heterocycles. The van der Waals surface area contributed by atoms with Gasteiger partial charge in [-0.3, -0.25) is 4.79 Å². The third kappa shape index (κ3) is 3.08. The van der Waals surface area contributed by atoms with Crippen LogP contribution < -0.4 is 5.32 Å². The Labute approximate surface area is 124 Å². The first kappa shape index (κ1) is 14.1. The van der Waals surface area contributed by atoms with Crippen LogP contribution in [0.1, 0.15) is 31.4 Å². The zero-order chi connectivity index (χ0) is 14.7. The molecule has 5 nitrogen and oxygen atoms in total. The van der Waals surface area contributed by atoms with E-state index in [1.54, 1.807) is 0 Å². The molecule has 1 saturated carbocycles. The molecular weight excluding hydrogens is 266 g/mol. The summed E-state index contributed by atoms with van der Waals surface area (Å²) in [5.41, 5.74) is 1.51. The van der Waals surface area contributed by atoms with Crippen LogP contribution in [-0.4, -0.2) is 33.6 Å². The van der Waals surface area contributed by atoms with E-state index < -0.39 is 0 Å². The Kier molecular flexibility index (Phi) is 3.92. The van der Waals surface area contributed by atoms with E-state index in [0.29, 0.717) is 6.54 Å². The number of carbonyl (C=O) groups is 1. The normalized spacial score (nSPS) is 17.2. The number of pyridine rings is 1. The van der Waals surface area contributed by atoms with Crippen molar-refractivity contribution in [3.63, 3.8) is 0 Å². The minimum absolute atomic E-state index is 0.0295. The average molecular weight is 287 g/mol. The summed E-state index contributed by atoms with van der Waals surface area (Å²) in [5.74, 6) is -0.0295. The molecule has 2 aromatic heterocycles. The number of imidazole rings is 1. The third-order valence-corrected chi connectivity index (χ3v) is 4.42. The number of hydrogen-bond donors (Lipinski definition) is 2. The van der Waals surface area contributed by atoms with Crippen molar-refractivity contribution in [2.75, 3.05) is 13.2 Å². The van der Waals surface area contributed by atoms with E-state index >= 15 is 0 Å². The van der Waals surface area contributed by atoms with E-state index in [-0.39, 0.29) is 24.3 Å². The van der Waals surface area contributed by atoms with Crippen molar-refractivity contribution in [3.05, 3.63) is 36.3 Å². The molecule has 0 unspecified atom stereocenters. The van der Waals surface area contributed by atoms with Crippen molar-refractivity contribution < 1.29 is 9.90 Å². The second kappa shape index (κ2) is 5.85. The predicted molar refractivity (Wildman–Crippen MR) is 79.9 cm³/mol. The molecule has 1 fully saturated rings. The minimum Gasteiger partial charge on any atom is -0.396 e. The van der Waals surface area contributed by atoms with Crippen LogP contribution in [0.4, 0.5) is 0 Å². The maximum atomic E-state index is 12.1. The van der Waals surface area contributed by atoms with E-state index in [1.807, 2.05) is 35.0 Å². The van der Waals surface area contributed by atoms with Crippen molar-refractivity contribution >= 4 is 11.6 Å². The van der Waals surface area contributed by atoms with Gasteiger partial charge in [0, 0.05) is 24.4 Å². The van der Waals surface area contributed by atoms with Crippen LogP contribution in [0.25, 0.3) is 5.65 Å². The molecule has 2 N–H and O–H groups in total. The monoisotopic (exact) mass is 287 g/mol. The molecule has 1 aliphatic rings. The quantitative estimate of drug-likeness (QED) is 0.876. The molecule has 0 spiro atoms. The highest BCUT2D eigenvalue weighted by molar-refractivity contribution is 5.78. The lowest BCUT2D eigenvalue weighted by Gasteiger charge is -2.26. The molecule has 3 rings (SSSR count). The Hall–Kier alpha value is -1.88. The molecule has 5 heteroatoms. The Morgan fingerprint density at radius 2 is 2.19 bits per heavy atom. The fourth-order valence-electron chi connectivity index (χ4n) is 3.10. The topological polar surface area (TPSA) is 66.6 Å². The van der Waals surface area contributed by atoms with Gasteiger partial charge in [0.1, 0.15) is 5.65 Å². The maximum absolute atomic E-state index is 12.1. The Bertz CT molecular complexity index is 596. The summed E-state index contributed by atoms with van der Waals surface area (Å²) >= 11 is 0. The van der Waals surface area contributed by atoms with Crippen LogP contribution in [0.3, 0.4) is 0 Å². The summed E-state index contributed by atoms with van der Waals surface area (Å²) in [4.78, 5) is 16.5. The first-order valence-electron chi connectivity index (χ1n) is 7.51. The van der Waals surface area contributed by atoms with Gasteiger partial charge in [0.15, 0.2) is 0 Å². The molecule has 0 aliphatic heterocycles. The van der Waals surface area contributed by atoms with Gasteiger partial charge in [0.2, 0.25) is 5.91 Å². The maximum Gasteiger partial charge on any atom is 0.226 e. The molecule has 0 aromatic carbocycles. The van der Waals surface area contributed by atoms with Crippen LogP contribution in [0.5, 0.6) is 0 Å². The fourth-order valence-corrected chi connectivity index (χ4v) is 3.10. The Morgan fingerprint density at radius 1 is 1.38 bits per heavy atom. The highest BCUT2D eigenvalue weighted by atomic mass is 16.3. The van der Waals surface area contributed by atoms with E-state index in [9.17, 15) is 9.90 Å². The van der Waals surface area contributed by atoms with Gasteiger partial charge in [0.05, 0.1) is 18.7 Å². The van der Waals surface area contributed by atoms with Crippen LogP contribution in [0.2, 0.25) is 0 Å². The first-order chi connectivity index (χ1) is 10.2. The molecule has 2 aromatic rings. The summed E-state index contributed by atoms with van der Waals surface area (Å²) in [6.45, 7) is 0.720. The van der Waals surface area contributed by atoms with Gasteiger partial charge in [-0.2, -0.15) is 0 Å². The van der Waals surface area contributed by atoms with Crippen molar-refractivity contribution in [2.24, 2.45) is 5.41 Å². The molecule has 0 saturated heterocycles. The zero-order valence-corrected chi connectivity index (χ0v) is 12.1. The number of nitrogens with one attached hydrogen (secondary N) is 1. The van der Waals surface area contributed by atoms with Gasteiger partial charge >= 0.3 is 0 Å². The number of nitrogens with zero attached hydrogens (tertiary/aromatic N) is 2. The lowest BCUT2D eigenvalue weighted by Crippen LogP contribution is -2.38. The number of carbonyl (C=O) groups excluding carboxylic acids is 1. The van der Waals surface area contributed by atoms with E-state index in [2.05, 4.69) is 10.3 Å². The van der Waals surface area contributed by atoms with Crippen molar-refractivity contribution in [1.82, 2.24) is 14.7 Å². The lowest BCUT2D eigenvalue weighted by atomic mass is 9.87. The molecular formula is C16H21N3O2. The second-order valence-corrected chi connectivity index (χ2v) is 6.02. The number of aliphatic hydroxyl groups is 1. The highest BCUT2D eigenvalue weighted by Gasteiger charge is 2.33. The standard InChI is InChI=1S/C16H21N3O2/c20-12-16(6-2-3-7-16)11-17-15(21)9-13-10-19-8-4-1-5-14(19)18-13/h1,4-5,8,10,20H,2-3,6-7,9,11-12H2,(H,17,21). The molecule has 0 radical (unpaired) electrons. The largest absolute Gasteiger partial charge is 0.396 e. The number of amides is 1. The number of fused-ring (bicyclic) bond motifs is 1. The predicted octanol–water partition coefficient (Wildman–Crippen LogP) is 1.55. The molecule has 112 valence electrons. The Balaban J connectivity index is 1.58. The summed E-state index contributed by atoms with van der Waals surface area (Å²) in [7, 11) is 0. The molecule has 0 bridgehead atoms. The van der Waals surface area contributed by atoms with Gasteiger partial charge in [-0.25, -0.2) is 4.98 Å². The SMILES string of the molecule is O=C(Cc1cn2ccccc2n1)NCC1(CO)CCCC1. The van der Waals surface area contributed by atoms with Crippen LogP contribution in [0.15, 0.2) is 30.6 Å². The van der Waals surface area contributed by atoms with Crippen molar-refractivity contribution in [3.8, 4) is 0 Å². The van der Waals surface area contributed by atoms with Gasteiger partial charge in [-0.15, -0.1) is 0 Å². The van der Waals surface area contributed by atoms with E-state index in [0.717, 1.165) is 37.0 Å². The number of aromatic nitrogens is 2. The summed E-state index contributed by atoms with van der Waals surface area (Å²) < 4.78 is 1.91. The number of rotatable bonds is 5. The van der Waals surface area contributed by atoms with Crippen LogP contribution in [0, 0.1) is 5.41 Å². The van der Waals surface area contributed by atoms with Crippen LogP contribution >= 0.6 is 0 Å². The van der Waals surface area contributed by atoms with E-state index in [1.165, 1.54) is 0 Å². The molecule has 21 heavy (non-hydrogen) atoms. The zero-order valence-electron chi connectivity index (χ0n) is 12.1. The minimum atomic E-state index is -0.103. The van der Waals surface area contributed by atoms with Gasteiger partial charge in [-0.1, -0.05) is 18.9 Å². The summed E-state index contributed by atoms with van der Waals surface area (Å²) in [6, 6.07) is 5.78. The third-order valence-electron chi connectivity index (χ3n) is 4.42. The number of hydrogen-bond acceptors (Lipinski definition) is 3.